The lowest BCUT2D eigenvalue weighted by Crippen LogP contribution is -2.46. The second-order valence-corrected chi connectivity index (χ2v) is 8.04. The fraction of sp³-hybridized carbons (Fsp3) is 1.00. The first-order valence-corrected chi connectivity index (χ1v) is 8.21. The molecule has 2 saturated heterocycles. The van der Waals surface area contributed by atoms with Crippen molar-refractivity contribution in [3.8, 4) is 0 Å². The Labute approximate surface area is 98.9 Å². The summed E-state index contributed by atoms with van der Waals surface area (Å²) in [6, 6.07) is 0. The summed E-state index contributed by atoms with van der Waals surface area (Å²) in [5.74, 6) is 1.81. The van der Waals surface area contributed by atoms with E-state index in [2.05, 4.69) is 19.2 Å². The van der Waals surface area contributed by atoms with Gasteiger partial charge < -0.3 is 5.32 Å². The van der Waals surface area contributed by atoms with Crippen LogP contribution in [0.25, 0.3) is 0 Å². The Morgan fingerprint density at radius 1 is 1.44 bits per heavy atom. The van der Waals surface area contributed by atoms with Gasteiger partial charge in [0.1, 0.15) is 0 Å². The zero-order valence-corrected chi connectivity index (χ0v) is 11.1. The Kier molecular flexibility index (Phi) is 3.32. The SMILES string of the molecule is CC(C)C1(CC2CCS(=O)(=O)C2)CCCN1. The predicted molar refractivity (Wildman–Crippen MR) is 66.2 cm³/mol. The molecule has 94 valence electrons. The van der Waals surface area contributed by atoms with E-state index in [9.17, 15) is 8.42 Å². The standard InChI is InChI=1S/C12H23NO2S/c1-10(2)12(5-3-6-13-12)8-11-4-7-16(14,15)9-11/h10-11,13H,3-9H2,1-2H3. The Morgan fingerprint density at radius 3 is 2.62 bits per heavy atom. The molecule has 0 spiro atoms. The number of hydrogen-bond acceptors (Lipinski definition) is 3. The first-order valence-electron chi connectivity index (χ1n) is 6.39. The van der Waals surface area contributed by atoms with E-state index >= 15 is 0 Å². The molecule has 3 nitrogen and oxygen atoms in total. The minimum Gasteiger partial charge on any atom is -0.311 e. The van der Waals surface area contributed by atoms with Crippen molar-refractivity contribution in [2.45, 2.75) is 45.1 Å². The van der Waals surface area contributed by atoms with Crippen molar-refractivity contribution in [1.29, 1.82) is 0 Å². The third-order valence-electron chi connectivity index (χ3n) is 4.36. The molecule has 0 aromatic rings. The molecule has 2 aliphatic heterocycles. The Hall–Kier alpha value is -0.0900. The lowest BCUT2D eigenvalue weighted by Gasteiger charge is -2.36. The molecule has 4 heteroatoms. The van der Waals surface area contributed by atoms with Crippen LogP contribution < -0.4 is 5.32 Å². The van der Waals surface area contributed by atoms with E-state index in [4.69, 9.17) is 0 Å². The molecule has 16 heavy (non-hydrogen) atoms. The van der Waals surface area contributed by atoms with Crippen LogP contribution in [0.15, 0.2) is 0 Å². The minimum atomic E-state index is -2.72. The van der Waals surface area contributed by atoms with Gasteiger partial charge in [0.25, 0.3) is 0 Å². The summed E-state index contributed by atoms with van der Waals surface area (Å²) in [7, 11) is -2.72. The number of rotatable bonds is 3. The van der Waals surface area contributed by atoms with Gasteiger partial charge in [-0.05, 0) is 44.1 Å². The van der Waals surface area contributed by atoms with Gasteiger partial charge in [0.05, 0.1) is 11.5 Å². The van der Waals surface area contributed by atoms with Crippen molar-refractivity contribution >= 4 is 9.84 Å². The summed E-state index contributed by atoms with van der Waals surface area (Å²) < 4.78 is 22.9. The van der Waals surface area contributed by atoms with E-state index in [1.165, 1.54) is 12.8 Å². The number of hydrogen-bond donors (Lipinski definition) is 1. The lowest BCUT2D eigenvalue weighted by atomic mass is 9.77. The van der Waals surface area contributed by atoms with E-state index in [1.807, 2.05) is 0 Å². The van der Waals surface area contributed by atoms with Crippen LogP contribution in [0, 0.1) is 11.8 Å². The summed E-state index contributed by atoms with van der Waals surface area (Å²) in [4.78, 5) is 0. The van der Waals surface area contributed by atoms with Gasteiger partial charge in [-0.25, -0.2) is 8.42 Å². The van der Waals surface area contributed by atoms with Gasteiger partial charge in [-0.3, -0.25) is 0 Å². The van der Waals surface area contributed by atoms with Crippen LogP contribution in [0.5, 0.6) is 0 Å². The van der Waals surface area contributed by atoms with Gasteiger partial charge >= 0.3 is 0 Å². The maximum atomic E-state index is 11.5. The monoisotopic (exact) mass is 245 g/mol. The first-order chi connectivity index (χ1) is 7.44. The molecule has 1 N–H and O–H groups in total. The third kappa shape index (κ3) is 2.43. The van der Waals surface area contributed by atoms with Gasteiger partial charge in [-0.1, -0.05) is 13.8 Å². The number of sulfone groups is 1. The number of nitrogens with one attached hydrogen (secondary N) is 1. The fourth-order valence-corrected chi connectivity index (χ4v) is 5.14. The highest BCUT2D eigenvalue weighted by Crippen LogP contribution is 2.37. The summed E-state index contributed by atoms with van der Waals surface area (Å²) >= 11 is 0. The molecular formula is C12H23NO2S. The first kappa shape index (κ1) is 12.4. The lowest BCUT2D eigenvalue weighted by molar-refractivity contribution is 0.219. The summed E-state index contributed by atoms with van der Waals surface area (Å²) in [6.45, 7) is 5.60. The molecule has 2 aliphatic rings. The minimum absolute atomic E-state index is 0.213. The van der Waals surface area contributed by atoms with Gasteiger partial charge in [-0.15, -0.1) is 0 Å². The van der Waals surface area contributed by atoms with E-state index in [-0.39, 0.29) is 5.54 Å². The Balaban J connectivity index is 2.02. The van der Waals surface area contributed by atoms with E-state index in [1.54, 1.807) is 0 Å². The normalized spacial score (nSPS) is 38.3. The topological polar surface area (TPSA) is 46.2 Å². The van der Waals surface area contributed by atoms with Crippen LogP contribution in [0.2, 0.25) is 0 Å². The summed E-state index contributed by atoms with van der Waals surface area (Å²) in [5.41, 5.74) is 0.213. The van der Waals surface area contributed by atoms with Crippen LogP contribution >= 0.6 is 0 Å². The van der Waals surface area contributed by atoms with Crippen LogP contribution in [-0.4, -0.2) is 32.0 Å². The van der Waals surface area contributed by atoms with Crippen molar-refractivity contribution in [1.82, 2.24) is 5.32 Å². The van der Waals surface area contributed by atoms with Crippen LogP contribution in [-0.2, 0) is 9.84 Å². The zero-order valence-electron chi connectivity index (χ0n) is 10.3. The molecule has 0 amide bonds. The van der Waals surface area contributed by atoms with Gasteiger partial charge in [-0.2, -0.15) is 0 Å². The maximum Gasteiger partial charge on any atom is 0.150 e. The second kappa shape index (κ2) is 4.30. The van der Waals surface area contributed by atoms with Crippen molar-refractivity contribution in [2.24, 2.45) is 11.8 Å². The van der Waals surface area contributed by atoms with Crippen LogP contribution in [0.4, 0.5) is 0 Å². The van der Waals surface area contributed by atoms with Gasteiger partial charge in [0.2, 0.25) is 0 Å². The molecule has 2 heterocycles. The highest BCUT2D eigenvalue weighted by molar-refractivity contribution is 7.91. The Bertz CT molecular complexity index is 342. The second-order valence-electron chi connectivity index (χ2n) is 5.81. The maximum absolute atomic E-state index is 11.5. The van der Waals surface area contributed by atoms with Crippen molar-refractivity contribution in [3.05, 3.63) is 0 Å². The third-order valence-corrected chi connectivity index (χ3v) is 6.20. The quantitative estimate of drug-likeness (QED) is 0.821. The molecule has 0 aromatic carbocycles. The molecule has 0 radical (unpaired) electrons. The van der Waals surface area contributed by atoms with Gasteiger partial charge in [0.15, 0.2) is 9.84 Å². The van der Waals surface area contributed by atoms with Crippen LogP contribution in [0.3, 0.4) is 0 Å². The molecular weight excluding hydrogens is 222 g/mol. The summed E-state index contributed by atoms with van der Waals surface area (Å²) in [5, 5.41) is 3.63. The predicted octanol–water partition coefficient (Wildman–Crippen LogP) is 1.59. The molecule has 0 aliphatic carbocycles. The fourth-order valence-electron chi connectivity index (χ4n) is 3.28. The highest BCUT2D eigenvalue weighted by Gasteiger charge is 2.41. The average Bonchev–Trinajstić information content (AvgIpc) is 2.74. The van der Waals surface area contributed by atoms with Crippen molar-refractivity contribution in [3.63, 3.8) is 0 Å². The molecule has 2 rings (SSSR count). The van der Waals surface area contributed by atoms with Crippen LogP contribution in [0.1, 0.15) is 39.5 Å². The largest absolute Gasteiger partial charge is 0.311 e. The van der Waals surface area contributed by atoms with Gasteiger partial charge in [0, 0.05) is 5.54 Å². The molecule has 2 unspecified atom stereocenters. The summed E-state index contributed by atoms with van der Waals surface area (Å²) in [6.07, 6.45) is 4.36. The zero-order chi connectivity index (χ0) is 11.8. The van der Waals surface area contributed by atoms with Crippen molar-refractivity contribution in [2.75, 3.05) is 18.1 Å². The van der Waals surface area contributed by atoms with E-state index in [0.29, 0.717) is 23.3 Å². The average molecular weight is 245 g/mol. The van der Waals surface area contributed by atoms with Crippen molar-refractivity contribution < 1.29 is 8.42 Å². The smallest absolute Gasteiger partial charge is 0.150 e. The van der Waals surface area contributed by atoms with E-state index in [0.717, 1.165) is 19.4 Å². The molecule has 0 saturated carbocycles. The van der Waals surface area contributed by atoms with E-state index < -0.39 is 9.84 Å². The molecule has 2 atom stereocenters. The Morgan fingerprint density at radius 2 is 2.19 bits per heavy atom. The molecule has 2 fully saturated rings. The molecule has 0 bridgehead atoms. The highest BCUT2D eigenvalue weighted by atomic mass is 32.2. The molecule has 0 aromatic heterocycles.